The Morgan fingerprint density at radius 3 is 2.09 bits per heavy atom. The largest absolute Gasteiger partial charge is 0.457 e. The van der Waals surface area contributed by atoms with Gasteiger partial charge in [-0.2, -0.15) is 0 Å². The molecule has 0 spiro atoms. The second-order valence-electron chi connectivity index (χ2n) is 5.92. The van der Waals surface area contributed by atoms with Crippen molar-refractivity contribution in [2.75, 3.05) is 13.1 Å². The second kappa shape index (κ2) is 6.29. The number of rotatable bonds is 4. The molecule has 0 aliphatic carbocycles. The van der Waals surface area contributed by atoms with Gasteiger partial charge in [-0.3, -0.25) is 4.79 Å². The van der Waals surface area contributed by atoms with Gasteiger partial charge in [-0.05, 0) is 26.0 Å². The number of hydrogen-bond acceptors (Lipinski definition) is 2. The fourth-order valence-electron chi connectivity index (χ4n) is 3.03. The van der Waals surface area contributed by atoms with Crippen molar-refractivity contribution in [2.24, 2.45) is 0 Å². The maximum Gasteiger partial charge on any atom is 0.235 e. The first-order valence-electron chi connectivity index (χ1n) is 7.90. The number of fused-ring (bicyclic) bond motifs is 2. The Balaban J connectivity index is 2.07. The lowest BCUT2D eigenvalue weighted by molar-refractivity contribution is -0.131. The van der Waals surface area contributed by atoms with Crippen molar-refractivity contribution in [2.45, 2.75) is 19.8 Å². The number of para-hydroxylation sites is 2. The van der Waals surface area contributed by atoms with Crippen molar-refractivity contribution in [1.82, 2.24) is 4.90 Å². The van der Waals surface area contributed by atoms with Gasteiger partial charge in [-0.15, -0.1) is 0 Å². The molecular formula is C20H21NO2. The maximum atomic E-state index is 13.2. The molecule has 0 aromatic heterocycles. The van der Waals surface area contributed by atoms with Gasteiger partial charge in [0.25, 0.3) is 0 Å². The molecule has 1 aliphatic heterocycles. The molecule has 0 N–H and O–H groups in total. The van der Waals surface area contributed by atoms with Gasteiger partial charge in [0.05, 0.1) is 5.92 Å². The fourth-order valence-corrected chi connectivity index (χ4v) is 3.03. The van der Waals surface area contributed by atoms with E-state index in [1.807, 2.05) is 67.3 Å². The van der Waals surface area contributed by atoms with Crippen LogP contribution in [0, 0.1) is 0 Å². The smallest absolute Gasteiger partial charge is 0.235 e. The summed E-state index contributed by atoms with van der Waals surface area (Å²) in [6.07, 6.45) is 0. The summed E-state index contributed by atoms with van der Waals surface area (Å²) in [6, 6.07) is 15.5. The van der Waals surface area contributed by atoms with Crippen molar-refractivity contribution >= 4 is 5.91 Å². The Morgan fingerprint density at radius 2 is 1.61 bits per heavy atom. The summed E-state index contributed by atoms with van der Waals surface area (Å²) >= 11 is 0. The first-order valence-corrected chi connectivity index (χ1v) is 7.90. The molecule has 0 saturated carbocycles. The van der Waals surface area contributed by atoms with Crippen LogP contribution >= 0.6 is 0 Å². The molecule has 3 nitrogen and oxygen atoms in total. The average Bonchev–Trinajstić information content (AvgIpc) is 2.56. The predicted molar refractivity (Wildman–Crippen MR) is 91.9 cm³/mol. The molecule has 2 aromatic rings. The summed E-state index contributed by atoms with van der Waals surface area (Å²) in [5.41, 5.74) is 2.83. The average molecular weight is 307 g/mol. The summed E-state index contributed by atoms with van der Waals surface area (Å²) in [4.78, 5) is 15.1. The predicted octanol–water partition coefficient (Wildman–Crippen LogP) is 4.35. The van der Waals surface area contributed by atoms with Crippen LogP contribution in [-0.2, 0) is 4.79 Å². The van der Waals surface area contributed by atoms with Gasteiger partial charge in [-0.1, -0.05) is 48.6 Å². The number of nitrogens with zero attached hydrogens (tertiary/aromatic N) is 1. The van der Waals surface area contributed by atoms with E-state index in [0.717, 1.165) is 28.2 Å². The van der Waals surface area contributed by atoms with Crippen LogP contribution in [-0.4, -0.2) is 23.9 Å². The minimum Gasteiger partial charge on any atom is -0.457 e. The number of amides is 1. The lowest BCUT2D eigenvalue weighted by atomic mass is 9.86. The van der Waals surface area contributed by atoms with Crippen LogP contribution in [0.15, 0.2) is 60.7 Å². The summed E-state index contributed by atoms with van der Waals surface area (Å²) in [7, 11) is 0. The molecule has 118 valence electrons. The molecule has 1 aliphatic rings. The molecular weight excluding hydrogens is 286 g/mol. The van der Waals surface area contributed by atoms with Gasteiger partial charge in [0.2, 0.25) is 5.91 Å². The zero-order valence-electron chi connectivity index (χ0n) is 13.6. The van der Waals surface area contributed by atoms with Crippen LogP contribution in [0.5, 0.6) is 11.5 Å². The van der Waals surface area contributed by atoms with Crippen LogP contribution in [0.1, 0.15) is 30.9 Å². The number of carbonyl (C=O) groups excluding carboxylic acids is 1. The van der Waals surface area contributed by atoms with E-state index in [2.05, 4.69) is 6.58 Å². The van der Waals surface area contributed by atoms with E-state index < -0.39 is 0 Å². The molecule has 0 bridgehead atoms. The minimum absolute atomic E-state index is 0.0960. The quantitative estimate of drug-likeness (QED) is 0.786. The Hall–Kier alpha value is -2.55. The number of benzene rings is 2. The molecule has 23 heavy (non-hydrogen) atoms. The molecule has 0 radical (unpaired) electrons. The first kappa shape index (κ1) is 15.3. The topological polar surface area (TPSA) is 29.5 Å². The van der Waals surface area contributed by atoms with Crippen molar-refractivity contribution in [3.63, 3.8) is 0 Å². The lowest BCUT2D eigenvalue weighted by Crippen LogP contribution is -2.37. The van der Waals surface area contributed by atoms with Gasteiger partial charge in [0, 0.05) is 24.2 Å². The summed E-state index contributed by atoms with van der Waals surface area (Å²) in [6.45, 7) is 9.13. The number of carbonyl (C=O) groups is 1. The molecule has 1 heterocycles. The first-order chi connectivity index (χ1) is 11.1. The Labute approximate surface area is 137 Å². The Morgan fingerprint density at radius 1 is 1.09 bits per heavy atom. The van der Waals surface area contributed by atoms with Gasteiger partial charge in [0.15, 0.2) is 0 Å². The number of hydrogen-bond donors (Lipinski definition) is 0. The number of likely N-dealkylation sites (N-methyl/N-ethyl adjacent to an activating group) is 1. The van der Waals surface area contributed by atoms with Crippen LogP contribution in [0.4, 0.5) is 0 Å². The van der Waals surface area contributed by atoms with Crippen LogP contribution in [0.2, 0.25) is 0 Å². The third-order valence-corrected chi connectivity index (χ3v) is 4.08. The Kier molecular flexibility index (Phi) is 4.20. The number of ether oxygens (including phenoxy) is 1. The molecule has 3 rings (SSSR count). The molecule has 1 amide bonds. The highest BCUT2D eigenvalue weighted by Gasteiger charge is 2.34. The van der Waals surface area contributed by atoms with E-state index in [1.54, 1.807) is 0 Å². The van der Waals surface area contributed by atoms with Crippen molar-refractivity contribution < 1.29 is 9.53 Å². The monoisotopic (exact) mass is 307 g/mol. The van der Waals surface area contributed by atoms with Gasteiger partial charge >= 0.3 is 0 Å². The van der Waals surface area contributed by atoms with Gasteiger partial charge < -0.3 is 9.64 Å². The van der Waals surface area contributed by atoms with Gasteiger partial charge in [0.1, 0.15) is 11.5 Å². The van der Waals surface area contributed by atoms with Gasteiger partial charge in [-0.25, -0.2) is 0 Å². The van der Waals surface area contributed by atoms with E-state index in [-0.39, 0.29) is 11.8 Å². The molecule has 3 heteroatoms. The van der Waals surface area contributed by atoms with Crippen molar-refractivity contribution in [3.05, 3.63) is 71.8 Å². The van der Waals surface area contributed by atoms with E-state index >= 15 is 0 Å². The molecule has 0 fully saturated rings. The van der Waals surface area contributed by atoms with Crippen molar-refractivity contribution in [1.29, 1.82) is 0 Å². The van der Waals surface area contributed by atoms with Crippen LogP contribution in [0.3, 0.4) is 0 Å². The van der Waals surface area contributed by atoms with Crippen LogP contribution in [0.25, 0.3) is 0 Å². The zero-order chi connectivity index (χ0) is 16.4. The zero-order valence-corrected chi connectivity index (χ0v) is 13.6. The maximum absolute atomic E-state index is 13.2. The van der Waals surface area contributed by atoms with Crippen molar-refractivity contribution in [3.8, 4) is 11.5 Å². The molecule has 0 saturated heterocycles. The normalized spacial score (nSPS) is 12.8. The molecule has 2 aromatic carbocycles. The summed E-state index contributed by atoms with van der Waals surface area (Å²) in [5.74, 6) is 1.29. The lowest BCUT2D eigenvalue weighted by Gasteiger charge is -2.31. The van der Waals surface area contributed by atoms with E-state index in [1.165, 1.54) is 0 Å². The van der Waals surface area contributed by atoms with E-state index in [9.17, 15) is 4.79 Å². The van der Waals surface area contributed by atoms with E-state index in [0.29, 0.717) is 13.1 Å². The summed E-state index contributed by atoms with van der Waals surface area (Å²) < 4.78 is 5.96. The third kappa shape index (κ3) is 2.87. The SMILES string of the molecule is C=C(C)CN(CC)C(=O)C1c2ccccc2Oc2ccccc21. The minimum atomic E-state index is -0.324. The van der Waals surface area contributed by atoms with Crippen LogP contribution < -0.4 is 4.74 Å². The molecule has 0 atom stereocenters. The second-order valence-corrected chi connectivity index (χ2v) is 5.92. The molecule has 0 unspecified atom stereocenters. The highest BCUT2D eigenvalue weighted by molar-refractivity contribution is 5.89. The summed E-state index contributed by atoms with van der Waals surface area (Å²) in [5, 5.41) is 0. The fraction of sp³-hybridized carbons (Fsp3) is 0.250. The van der Waals surface area contributed by atoms with E-state index in [4.69, 9.17) is 4.74 Å². The highest BCUT2D eigenvalue weighted by atomic mass is 16.5. The Bertz CT molecular complexity index is 705. The standard InChI is InChI=1S/C20H21NO2/c1-4-21(13-14(2)3)20(22)19-15-9-5-7-11-17(15)23-18-12-8-6-10-16(18)19/h5-12,19H,2,4,13H2,1,3H3. The third-order valence-electron chi connectivity index (χ3n) is 4.08. The highest BCUT2D eigenvalue weighted by Crippen LogP contribution is 2.44.